The standard InChI is InChI=1S/C18H30N2/c1-13(2)20(12-16-7-5-6-8-18(16)19)17-10-9-14(3)15(4)11-17/h5-8,13-15,17H,9-12,19H2,1-4H3. The fraction of sp³-hybridized carbons (Fsp3) is 0.667. The first-order valence-electron chi connectivity index (χ1n) is 8.08. The molecule has 1 aromatic rings. The van der Waals surface area contributed by atoms with Gasteiger partial charge in [-0.3, -0.25) is 4.90 Å². The first kappa shape index (κ1) is 15.4. The van der Waals surface area contributed by atoms with Gasteiger partial charge >= 0.3 is 0 Å². The predicted octanol–water partition coefficient (Wildman–Crippen LogP) is 4.30. The number of hydrogen-bond donors (Lipinski definition) is 1. The van der Waals surface area contributed by atoms with Crippen molar-refractivity contribution in [2.45, 2.75) is 65.6 Å². The van der Waals surface area contributed by atoms with Gasteiger partial charge in [-0.05, 0) is 56.6 Å². The van der Waals surface area contributed by atoms with Crippen LogP contribution in [0.4, 0.5) is 5.69 Å². The van der Waals surface area contributed by atoms with Crippen molar-refractivity contribution in [2.75, 3.05) is 5.73 Å². The normalized spacial score (nSPS) is 27.2. The maximum Gasteiger partial charge on any atom is 0.0359 e. The molecule has 2 rings (SSSR count). The molecule has 0 spiro atoms. The summed E-state index contributed by atoms with van der Waals surface area (Å²) >= 11 is 0. The van der Waals surface area contributed by atoms with Crippen LogP contribution in [0.5, 0.6) is 0 Å². The summed E-state index contributed by atoms with van der Waals surface area (Å²) in [7, 11) is 0. The molecule has 0 aliphatic heterocycles. The number of nitrogens with two attached hydrogens (primary N) is 1. The zero-order valence-corrected chi connectivity index (χ0v) is 13.5. The summed E-state index contributed by atoms with van der Waals surface area (Å²) in [5.41, 5.74) is 8.32. The SMILES string of the molecule is CC1CCC(N(Cc2ccccc2N)C(C)C)CC1C. The Morgan fingerprint density at radius 1 is 1.15 bits per heavy atom. The number of hydrogen-bond acceptors (Lipinski definition) is 2. The third kappa shape index (κ3) is 3.54. The summed E-state index contributed by atoms with van der Waals surface area (Å²) < 4.78 is 0. The van der Waals surface area contributed by atoms with Crippen LogP contribution in [0.25, 0.3) is 0 Å². The summed E-state index contributed by atoms with van der Waals surface area (Å²) in [6, 6.07) is 9.57. The molecule has 0 aromatic heterocycles. The Kier molecular flexibility index (Phi) is 5.09. The van der Waals surface area contributed by atoms with Gasteiger partial charge in [-0.2, -0.15) is 0 Å². The second-order valence-electron chi connectivity index (χ2n) is 6.89. The van der Waals surface area contributed by atoms with Crippen LogP contribution in [-0.2, 0) is 6.54 Å². The Morgan fingerprint density at radius 3 is 2.45 bits per heavy atom. The van der Waals surface area contributed by atoms with Crippen LogP contribution >= 0.6 is 0 Å². The molecule has 2 nitrogen and oxygen atoms in total. The number of nitrogens with zero attached hydrogens (tertiary/aromatic N) is 1. The van der Waals surface area contributed by atoms with E-state index in [1.807, 2.05) is 12.1 Å². The Bertz CT molecular complexity index is 427. The third-order valence-electron chi connectivity index (χ3n) is 5.11. The highest BCUT2D eigenvalue weighted by Gasteiger charge is 2.30. The molecule has 1 aliphatic rings. The maximum atomic E-state index is 6.12. The predicted molar refractivity (Wildman–Crippen MR) is 87.5 cm³/mol. The van der Waals surface area contributed by atoms with Crippen molar-refractivity contribution in [1.29, 1.82) is 0 Å². The van der Waals surface area contributed by atoms with Crippen molar-refractivity contribution in [1.82, 2.24) is 4.90 Å². The van der Waals surface area contributed by atoms with Crippen LogP contribution in [0, 0.1) is 11.8 Å². The maximum absolute atomic E-state index is 6.12. The fourth-order valence-corrected chi connectivity index (χ4v) is 3.43. The Morgan fingerprint density at radius 2 is 1.85 bits per heavy atom. The van der Waals surface area contributed by atoms with Crippen molar-refractivity contribution in [2.24, 2.45) is 11.8 Å². The molecule has 112 valence electrons. The molecule has 2 heteroatoms. The Balaban J connectivity index is 2.10. The summed E-state index contributed by atoms with van der Waals surface area (Å²) in [5, 5.41) is 0. The molecule has 1 fully saturated rings. The highest BCUT2D eigenvalue weighted by Crippen LogP contribution is 2.33. The molecule has 1 aromatic carbocycles. The summed E-state index contributed by atoms with van der Waals surface area (Å²) in [4.78, 5) is 2.65. The van der Waals surface area contributed by atoms with E-state index in [0.717, 1.165) is 24.1 Å². The van der Waals surface area contributed by atoms with Crippen LogP contribution in [0.1, 0.15) is 52.5 Å². The summed E-state index contributed by atoms with van der Waals surface area (Å²) in [6.45, 7) is 10.4. The topological polar surface area (TPSA) is 29.3 Å². The fourth-order valence-electron chi connectivity index (χ4n) is 3.43. The van der Waals surface area contributed by atoms with Crippen molar-refractivity contribution in [3.8, 4) is 0 Å². The first-order valence-corrected chi connectivity index (χ1v) is 8.08. The zero-order chi connectivity index (χ0) is 14.7. The van der Waals surface area contributed by atoms with Gasteiger partial charge in [0, 0.05) is 24.3 Å². The van der Waals surface area contributed by atoms with Crippen LogP contribution in [-0.4, -0.2) is 17.0 Å². The lowest BCUT2D eigenvalue weighted by molar-refractivity contribution is 0.0767. The minimum Gasteiger partial charge on any atom is -0.398 e. The monoisotopic (exact) mass is 274 g/mol. The molecular formula is C18H30N2. The quantitative estimate of drug-likeness (QED) is 0.829. The molecule has 0 heterocycles. The molecule has 3 unspecified atom stereocenters. The molecule has 0 radical (unpaired) electrons. The van der Waals surface area contributed by atoms with E-state index in [9.17, 15) is 0 Å². The van der Waals surface area contributed by atoms with E-state index in [2.05, 4.69) is 44.7 Å². The average Bonchev–Trinajstić information content (AvgIpc) is 2.41. The molecule has 1 aliphatic carbocycles. The largest absolute Gasteiger partial charge is 0.398 e. The minimum atomic E-state index is 0.570. The lowest BCUT2D eigenvalue weighted by Crippen LogP contribution is -2.43. The van der Waals surface area contributed by atoms with E-state index in [0.29, 0.717) is 12.1 Å². The third-order valence-corrected chi connectivity index (χ3v) is 5.11. The summed E-state index contributed by atoms with van der Waals surface area (Å²) in [6.07, 6.45) is 4.02. The molecule has 2 N–H and O–H groups in total. The van der Waals surface area contributed by atoms with E-state index < -0.39 is 0 Å². The van der Waals surface area contributed by atoms with Gasteiger partial charge in [0.25, 0.3) is 0 Å². The molecular weight excluding hydrogens is 244 g/mol. The van der Waals surface area contributed by atoms with Crippen molar-refractivity contribution >= 4 is 5.69 Å². The highest BCUT2D eigenvalue weighted by molar-refractivity contribution is 5.46. The molecule has 3 atom stereocenters. The van der Waals surface area contributed by atoms with E-state index in [-0.39, 0.29) is 0 Å². The van der Waals surface area contributed by atoms with Crippen LogP contribution in [0.2, 0.25) is 0 Å². The van der Waals surface area contributed by atoms with Crippen LogP contribution < -0.4 is 5.73 Å². The minimum absolute atomic E-state index is 0.570. The lowest BCUT2D eigenvalue weighted by Gasteiger charge is -2.41. The Hall–Kier alpha value is -1.02. The second-order valence-corrected chi connectivity index (χ2v) is 6.89. The Labute approximate surface area is 124 Å². The van der Waals surface area contributed by atoms with Gasteiger partial charge in [-0.15, -0.1) is 0 Å². The van der Waals surface area contributed by atoms with Crippen molar-refractivity contribution in [3.63, 3.8) is 0 Å². The van der Waals surface area contributed by atoms with E-state index >= 15 is 0 Å². The van der Waals surface area contributed by atoms with Crippen molar-refractivity contribution < 1.29 is 0 Å². The smallest absolute Gasteiger partial charge is 0.0359 e. The van der Waals surface area contributed by atoms with Gasteiger partial charge in [-0.25, -0.2) is 0 Å². The molecule has 0 saturated heterocycles. The number of para-hydroxylation sites is 1. The van der Waals surface area contributed by atoms with Crippen LogP contribution in [0.15, 0.2) is 24.3 Å². The highest BCUT2D eigenvalue weighted by atomic mass is 15.2. The molecule has 0 bridgehead atoms. The lowest BCUT2D eigenvalue weighted by atomic mass is 9.78. The van der Waals surface area contributed by atoms with Gasteiger partial charge in [-0.1, -0.05) is 32.0 Å². The molecule has 1 saturated carbocycles. The number of rotatable bonds is 4. The number of benzene rings is 1. The van der Waals surface area contributed by atoms with Gasteiger partial charge in [0.2, 0.25) is 0 Å². The van der Waals surface area contributed by atoms with Gasteiger partial charge in [0.1, 0.15) is 0 Å². The number of anilines is 1. The number of nitrogen functional groups attached to an aromatic ring is 1. The summed E-state index contributed by atoms with van der Waals surface area (Å²) in [5.74, 6) is 1.71. The van der Waals surface area contributed by atoms with Gasteiger partial charge < -0.3 is 5.73 Å². The zero-order valence-electron chi connectivity index (χ0n) is 13.5. The van der Waals surface area contributed by atoms with E-state index in [1.165, 1.54) is 24.8 Å². The average molecular weight is 274 g/mol. The molecule has 0 amide bonds. The second kappa shape index (κ2) is 6.62. The van der Waals surface area contributed by atoms with Gasteiger partial charge in [0.15, 0.2) is 0 Å². The first-order chi connectivity index (χ1) is 9.49. The molecule has 20 heavy (non-hydrogen) atoms. The van der Waals surface area contributed by atoms with E-state index in [1.54, 1.807) is 0 Å². The van der Waals surface area contributed by atoms with Crippen LogP contribution in [0.3, 0.4) is 0 Å². The van der Waals surface area contributed by atoms with E-state index in [4.69, 9.17) is 5.73 Å². The van der Waals surface area contributed by atoms with Gasteiger partial charge in [0.05, 0.1) is 0 Å². The van der Waals surface area contributed by atoms with Crippen molar-refractivity contribution in [3.05, 3.63) is 29.8 Å².